The van der Waals surface area contributed by atoms with Gasteiger partial charge in [-0.3, -0.25) is 0 Å². The Labute approximate surface area is 114 Å². The van der Waals surface area contributed by atoms with Crippen molar-refractivity contribution >= 4 is 5.69 Å². The number of hydrogen-bond acceptors (Lipinski definition) is 3. The SMILES string of the molecule is CCCCC(CC)Nc1cccnc1-n1cccn1. The quantitative estimate of drug-likeness (QED) is 0.824. The summed E-state index contributed by atoms with van der Waals surface area (Å²) in [5.74, 6) is 0.863. The molecule has 0 aliphatic carbocycles. The summed E-state index contributed by atoms with van der Waals surface area (Å²) in [6, 6.07) is 6.44. The number of unbranched alkanes of at least 4 members (excludes halogenated alkanes) is 1. The first-order valence-electron chi connectivity index (χ1n) is 7.06. The topological polar surface area (TPSA) is 42.7 Å². The predicted octanol–water partition coefficient (Wildman–Crippen LogP) is 3.65. The minimum absolute atomic E-state index is 0.499. The van der Waals surface area contributed by atoms with Gasteiger partial charge in [0.1, 0.15) is 0 Å². The maximum Gasteiger partial charge on any atom is 0.176 e. The van der Waals surface area contributed by atoms with Crippen molar-refractivity contribution in [2.45, 2.75) is 45.6 Å². The van der Waals surface area contributed by atoms with Gasteiger partial charge in [-0.05, 0) is 31.0 Å². The second-order valence-corrected chi connectivity index (χ2v) is 4.72. The van der Waals surface area contributed by atoms with Gasteiger partial charge >= 0.3 is 0 Å². The number of anilines is 1. The molecule has 0 aromatic carbocycles. The van der Waals surface area contributed by atoms with Crippen LogP contribution >= 0.6 is 0 Å². The third-order valence-corrected chi connectivity index (χ3v) is 3.27. The van der Waals surface area contributed by atoms with E-state index in [2.05, 4.69) is 35.3 Å². The van der Waals surface area contributed by atoms with Crippen LogP contribution in [0.5, 0.6) is 0 Å². The average molecular weight is 258 g/mol. The van der Waals surface area contributed by atoms with Gasteiger partial charge in [-0.15, -0.1) is 0 Å². The zero-order valence-corrected chi connectivity index (χ0v) is 11.7. The molecular formula is C15H22N4. The molecule has 2 heterocycles. The number of nitrogens with zero attached hydrogens (tertiary/aromatic N) is 3. The van der Waals surface area contributed by atoms with Crippen LogP contribution in [0.1, 0.15) is 39.5 Å². The van der Waals surface area contributed by atoms with Crippen LogP contribution in [0, 0.1) is 0 Å². The number of nitrogens with one attached hydrogen (secondary N) is 1. The van der Waals surface area contributed by atoms with Crippen molar-refractivity contribution in [1.29, 1.82) is 0 Å². The molecule has 4 nitrogen and oxygen atoms in total. The molecular weight excluding hydrogens is 236 g/mol. The molecule has 0 aliphatic heterocycles. The molecule has 0 saturated heterocycles. The van der Waals surface area contributed by atoms with Crippen molar-refractivity contribution < 1.29 is 0 Å². The average Bonchev–Trinajstić information content (AvgIpc) is 2.98. The first-order chi connectivity index (χ1) is 9.35. The van der Waals surface area contributed by atoms with Crippen molar-refractivity contribution in [2.75, 3.05) is 5.32 Å². The van der Waals surface area contributed by atoms with Crippen molar-refractivity contribution in [2.24, 2.45) is 0 Å². The zero-order chi connectivity index (χ0) is 13.5. The maximum atomic E-state index is 4.43. The summed E-state index contributed by atoms with van der Waals surface area (Å²) in [5.41, 5.74) is 1.05. The summed E-state index contributed by atoms with van der Waals surface area (Å²) < 4.78 is 1.80. The Balaban J connectivity index is 2.15. The third-order valence-electron chi connectivity index (χ3n) is 3.27. The van der Waals surface area contributed by atoms with Gasteiger partial charge in [0.05, 0.1) is 5.69 Å². The molecule has 2 aromatic heterocycles. The lowest BCUT2D eigenvalue weighted by molar-refractivity contribution is 0.592. The highest BCUT2D eigenvalue weighted by Crippen LogP contribution is 2.19. The van der Waals surface area contributed by atoms with Crippen LogP contribution in [0.4, 0.5) is 5.69 Å². The summed E-state index contributed by atoms with van der Waals surface area (Å²) in [5, 5.41) is 7.85. The first kappa shape index (κ1) is 13.6. The minimum atomic E-state index is 0.499. The van der Waals surface area contributed by atoms with E-state index in [0.29, 0.717) is 6.04 Å². The predicted molar refractivity (Wildman–Crippen MR) is 78.6 cm³/mol. The second-order valence-electron chi connectivity index (χ2n) is 4.72. The maximum absolute atomic E-state index is 4.43. The highest BCUT2D eigenvalue weighted by Gasteiger charge is 2.10. The van der Waals surface area contributed by atoms with Gasteiger partial charge in [-0.1, -0.05) is 26.7 Å². The van der Waals surface area contributed by atoms with Gasteiger partial charge in [0.15, 0.2) is 5.82 Å². The van der Waals surface area contributed by atoms with Crippen LogP contribution < -0.4 is 5.32 Å². The van der Waals surface area contributed by atoms with Crippen molar-refractivity contribution in [1.82, 2.24) is 14.8 Å². The fourth-order valence-corrected chi connectivity index (χ4v) is 2.14. The molecule has 1 N–H and O–H groups in total. The standard InChI is InChI=1S/C15H22N4/c1-3-5-8-13(4-2)18-14-9-6-10-16-15(14)19-12-7-11-17-19/h6-7,9-13,18H,3-5,8H2,1-2H3. The fourth-order valence-electron chi connectivity index (χ4n) is 2.14. The molecule has 0 amide bonds. The van der Waals surface area contributed by atoms with E-state index in [9.17, 15) is 0 Å². The molecule has 0 saturated carbocycles. The van der Waals surface area contributed by atoms with E-state index in [1.165, 1.54) is 19.3 Å². The van der Waals surface area contributed by atoms with Crippen molar-refractivity contribution in [3.8, 4) is 5.82 Å². The van der Waals surface area contributed by atoms with Crippen LogP contribution in [0.2, 0.25) is 0 Å². The molecule has 0 spiro atoms. The summed E-state index contributed by atoms with van der Waals surface area (Å²) in [6.45, 7) is 4.45. The molecule has 4 heteroatoms. The van der Waals surface area contributed by atoms with Crippen LogP contribution in [0.3, 0.4) is 0 Å². The van der Waals surface area contributed by atoms with Crippen LogP contribution in [0.15, 0.2) is 36.8 Å². The molecule has 1 atom stereocenters. The molecule has 2 rings (SSSR count). The lowest BCUT2D eigenvalue weighted by Crippen LogP contribution is -2.20. The van der Waals surface area contributed by atoms with Crippen molar-refractivity contribution in [3.05, 3.63) is 36.8 Å². The normalized spacial score (nSPS) is 12.3. The Kier molecular flexibility index (Phi) is 4.95. The van der Waals surface area contributed by atoms with E-state index in [-0.39, 0.29) is 0 Å². The molecule has 0 bridgehead atoms. The summed E-state index contributed by atoms with van der Waals surface area (Å²) in [7, 11) is 0. The Morgan fingerprint density at radius 2 is 2.16 bits per heavy atom. The molecule has 102 valence electrons. The van der Waals surface area contributed by atoms with Crippen LogP contribution in [-0.4, -0.2) is 20.8 Å². The molecule has 0 aliphatic rings. The Morgan fingerprint density at radius 3 is 2.84 bits per heavy atom. The summed E-state index contributed by atoms with van der Waals surface area (Å²) in [4.78, 5) is 4.43. The minimum Gasteiger partial charge on any atom is -0.379 e. The van der Waals surface area contributed by atoms with Crippen molar-refractivity contribution in [3.63, 3.8) is 0 Å². The van der Waals surface area contributed by atoms with E-state index >= 15 is 0 Å². The van der Waals surface area contributed by atoms with Gasteiger partial charge in [0.2, 0.25) is 0 Å². The number of rotatable bonds is 7. The van der Waals surface area contributed by atoms with Crippen LogP contribution in [0.25, 0.3) is 5.82 Å². The zero-order valence-electron chi connectivity index (χ0n) is 11.7. The molecule has 0 fully saturated rings. The summed E-state index contributed by atoms with van der Waals surface area (Å²) >= 11 is 0. The second kappa shape index (κ2) is 6.92. The van der Waals surface area contributed by atoms with E-state index in [1.807, 2.05) is 18.3 Å². The van der Waals surface area contributed by atoms with E-state index in [0.717, 1.165) is 17.9 Å². The highest BCUT2D eigenvalue weighted by atomic mass is 15.3. The van der Waals surface area contributed by atoms with E-state index < -0.39 is 0 Å². The van der Waals surface area contributed by atoms with Gasteiger partial charge in [-0.25, -0.2) is 9.67 Å². The summed E-state index contributed by atoms with van der Waals surface area (Å²) in [6.07, 6.45) is 10.3. The lowest BCUT2D eigenvalue weighted by Gasteiger charge is -2.19. The van der Waals surface area contributed by atoms with Gasteiger partial charge in [-0.2, -0.15) is 5.10 Å². The highest BCUT2D eigenvalue weighted by molar-refractivity contribution is 5.56. The third kappa shape index (κ3) is 3.56. The Bertz CT molecular complexity index is 479. The molecule has 1 unspecified atom stereocenters. The monoisotopic (exact) mass is 258 g/mol. The lowest BCUT2D eigenvalue weighted by atomic mass is 10.1. The molecule has 0 radical (unpaired) electrons. The molecule has 2 aromatic rings. The number of aromatic nitrogens is 3. The number of pyridine rings is 1. The first-order valence-corrected chi connectivity index (χ1v) is 7.06. The van der Waals surface area contributed by atoms with E-state index in [1.54, 1.807) is 17.1 Å². The molecule has 19 heavy (non-hydrogen) atoms. The Hall–Kier alpha value is -1.84. The largest absolute Gasteiger partial charge is 0.379 e. The van der Waals surface area contributed by atoms with Gasteiger partial charge in [0.25, 0.3) is 0 Å². The fraction of sp³-hybridized carbons (Fsp3) is 0.467. The van der Waals surface area contributed by atoms with Crippen LogP contribution in [-0.2, 0) is 0 Å². The smallest absolute Gasteiger partial charge is 0.176 e. The van der Waals surface area contributed by atoms with Gasteiger partial charge in [0, 0.05) is 24.6 Å². The Morgan fingerprint density at radius 1 is 1.26 bits per heavy atom. The number of hydrogen-bond donors (Lipinski definition) is 1. The van der Waals surface area contributed by atoms with E-state index in [4.69, 9.17) is 0 Å². The van der Waals surface area contributed by atoms with Gasteiger partial charge < -0.3 is 5.32 Å².